The van der Waals surface area contributed by atoms with Gasteiger partial charge in [-0.25, -0.2) is 9.18 Å². The number of amides is 2. The minimum Gasteiger partial charge on any atom is -0.457 e. The van der Waals surface area contributed by atoms with E-state index in [2.05, 4.69) is 0 Å². The first-order chi connectivity index (χ1) is 11.0. The summed E-state index contributed by atoms with van der Waals surface area (Å²) >= 11 is 0. The van der Waals surface area contributed by atoms with Gasteiger partial charge in [0.05, 0.1) is 6.04 Å². The number of hydrogen-bond acceptors (Lipinski definition) is 2. The number of carbonyl (C=O) groups excluding carboxylic acids is 1. The highest BCUT2D eigenvalue weighted by atomic mass is 19.1. The van der Waals surface area contributed by atoms with Crippen molar-refractivity contribution in [3.05, 3.63) is 59.9 Å². The van der Waals surface area contributed by atoms with E-state index in [9.17, 15) is 9.18 Å². The molecule has 1 heterocycles. The second kappa shape index (κ2) is 6.28. The third kappa shape index (κ3) is 3.28. The van der Waals surface area contributed by atoms with E-state index in [1.54, 1.807) is 17.0 Å². The van der Waals surface area contributed by atoms with Gasteiger partial charge in [0, 0.05) is 6.04 Å². The zero-order valence-corrected chi connectivity index (χ0v) is 12.9. The fraction of sp³-hybridized carbons (Fsp3) is 0.278. The topological polar surface area (TPSA) is 55.6 Å². The van der Waals surface area contributed by atoms with E-state index in [1.807, 2.05) is 31.2 Å². The van der Waals surface area contributed by atoms with Crippen molar-refractivity contribution in [1.82, 2.24) is 4.90 Å². The van der Waals surface area contributed by atoms with Crippen LogP contribution in [0.3, 0.4) is 0 Å². The second-order valence-corrected chi connectivity index (χ2v) is 5.81. The molecular formula is C18H19FN2O2. The molecule has 1 aliphatic rings. The zero-order chi connectivity index (χ0) is 16.4. The van der Waals surface area contributed by atoms with Crippen LogP contribution in [0.5, 0.6) is 11.5 Å². The number of halogens is 1. The van der Waals surface area contributed by atoms with Gasteiger partial charge < -0.3 is 15.4 Å². The van der Waals surface area contributed by atoms with Gasteiger partial charge in [0.25, 0.3) is 0 Å². The molecule has 5 heteroatoms. The summed E-state index contributed by atoms with van der Waals surface area (Å²) in [5.74, 6) is 0.944. The third-order valence-corrected chi connectivity index (χ3v) is 4.24. The van der Waals surface area contributed by atoms with Gasteiger partial charge in [-0.15, -0.1) is 0 Å². The predicted octanol–water partition coefficient (Wildman–Crippen LogP) is 4.22. The molecule has 2 atom stereocenters. The van der Waals surface area contributed by atoms with Gasteiger partial charge in [-0.2, -0.15) is 0 Å². The number of nitrogens with two attached hydrogens (primary N) is 1. The molecule has 1 aliphatic heterocycles. The number of carbonyl (C=O) groups is 1. The molecule has 0 saturated carbocycles. The summed E-state index contributed by atoms with van der Waals surface area (Å²) in [7, 11) is 0. The molecule has 23 heavy (non-hydrogen) atoms. The van der Waals surface area contributed by atoms with Gasteiger partial charge in [-0.05, 0) is 61.7 Å². The van der Waals surface area contributed by atoms with E-state index in [0.29, 0.717) is 11.5 Å². The van der Waals surface area contributed by atoms with Gasteiger partial charge >= 0.3 is 6.03 Å². The smallest absolute Gasteiger partial charge is 0.315 e. The normalized spacial score (nSPS) is 20.5. The Morgan fingerprint density at radius 3 is 2.22 bits per heavy atom. The lowest BCUT2D eigenvalue weighted by Crippen LogP contribution is -2.39. The number of benzene rings is 2. The summed E-state index contributed by atoms with van der Waals surface area (Å²) in [6.07, 6.45) is 1.85. The standard InChI is InChI=1S/C18H19FN2O2/c1-12-2-11-17(21(12)18(20)22)13-3-7-15(8-4-13)23-16-9-5-14(19)6-10-16/h3-10,12,17H,2,11H2,1H3,(H2,20,22)/t12?,17-/m1/s1. The molecule has 2 amide bonds. The summed E-state index contributed by atoms with van der Waals surface area (Å²) in [6.45, 7) is 2.01. The molecule has 4 nitrogen and oxygen atoms in total. The lowest BCUT2D eigenvalue weighted by Gasteiger charge is -2.27. The van der Waals surface area contributed by atoms with Crippen LogP contribution in [-0.4, -0.2) is 17.0 Å². The molecule has 0 aromatic heterocycles. The first kappa shape index (κ1) is 15.3. The summed E-state index contributed by atoms with van der Waals surface area (Å²) in [5, 5.41) is 0. The number of hydrogen-bond donors (Lipinski definition) is 1. The Labute approximate surface area is 134 Å². The lowest BCUT2D eigenvalue weighted by molar-refractivity contribution is 0.186. The minimum absolute atomic E-state index is 0.0161. The monoisotopic (exact) mass is 314 g/mol. The molecule has 2 aromatic carbocycles. The van der Waals surface area contributed by atoms with Crippen molar-refractivity contribution >= 4 is 6.03 Å². The average Bonchev–Trinajstić information content (AvgIpc) is 2.92. The molecule has 0 radical (unpaired) electrons. The van der Waals surface area contributed by atoms with E-state index in [4.69, 9.17) is 10.5 Å². The summed E-state index contributed by atoms with van der Waals surface area (Å²) < 4.78 is 18.6. The number of likely N-dealkylation sites (tertiary alicyclic amines) is 1. The third-order valence-electron chi connectivity index (χ3n) is 4.24. The van der Waals surface area contributed by atoms with E-state index < -0.39 is 0 Å². The molecule has 0 spiro atoms. The number of nitrogens with zero attached hydrogens (tertiary/aromatic N) is 1. The van der Waals surface area contributed by atoms with Crippen LogP contribution < -0.4 is 10.5 Å². The van der Waals surface area contributed by atoms with E-state index in [1.165, 1.54) is 12.1 Å². The molecule has 2 N–H and O–H groups in total. The Morgan fingerprint density at radius 2 is 1.65 bits per heavy atom. The molecule has 1 fully saturated rings. The Balaban J connectivity index is 1.74. The van der Waals surface area contributed by atoms with Crippen LogP contribution in [0.25, 0.3) is 0 Å². The highest BCUT2D eigenvalue weighted by molar-refractivity contribution is 5.73. The number of primary amides is 1. The highest BCUT2D eigenvalue weighted by Gasteiger charge is 2.33. The van der Waals surface area contributed by atoms with E-state index in [-0.39, 0.29) is 23.9 Å². The molecule has 0 aliphatic carbocycles. The van der Waals surface area contributed by atoms with Crippen molar-refractivity contribution in [2.45, 2.75) is 31.8 Å². The van der Waals surface area contributed by atoms with Crippen LogP contribution in [0.4, 0.5) is 9.18 Å². The van der Waals surface area contributed by atoms with Crippen LogP contribution in [0.15, 0.2) is 48.5 Å². The lowest BCUT2D eigenvalue weighted by atomic mass is 10.0. The van der Waals surface area contributed by atoms with Crippen molar-refractivity contribution in [2.75, 3.05) is 0 Å². The molecule has 1 saturated heterocycles. The van der Waals surface area contributed by atoms with Crippen LogP contribution in [-0.2, 0) is 0 Å². The quantitative estimate of drug-likeness (QED) is 0.922. The second-order valence-electron chi connectivity index (χ2n) is 5.81. The molecular weight excluding hydrogens is 295 g/mol. The highest BCUT2D eigenvalue weighted by Crippen LogP contribution is 2.36. The van der Waals surface area contributed by atoms with Crippen molar-refractivity contribution in [1.29, 1.82) is 0 Å². The molecule has 3 rings (SSSR count). The largest absolute Gasteiger partial charge is 0.457 e. The summed E-state index contributed by atoms with van der Waals surface area (Å²) in [5.41, 5.74) is 6.53. The van der Waals surface area contributed by atoms with Gasteiger partial charge in [-0.3, -0.25) is 0 Å². The van der Waals surface area contributed by atoms with Crippen LogP contribution in [0.2, 0.25) is 0 Å². The number of ether oxygens (including phenoxy) is 1. The summed E-state index contributed by atoms with van der Waals surface area (Å²) in [6, 6.07) is 13.2. The first-order valence-electron chi connectivity index (χ1n) is 7.66. The maximum Gasteiger partial charge on any atom is 0.315 e. The Kier molecular flexibility index (Phi) is 4.19. The summed E-state index contributed by atoms with van der Waals surface area (Å²) in [4.78, 5) is 13.4. The predicted molar refractivity (Wildman–Crippen MR) is 85.8 cm³/mol. The molecule has 120 valence electrons. The van der Waals surface area contributed by atoms with Crippen LogP contribution >= 0.6 is 0 Å². The SMILES string of the molecule is CC1CC[C@H](c2ccc(Oc3ccc(F)cc3)cc2)N1C(N)=O. The van der Waals surface area contributed by atoms with Gasteiger partial charge in [-0.1, -0.05) is 12.1 Å². The Hall–Kier alpha value is -2.56. The fourth-order valence-corrected chi connectivity index (χ4v) is 3.08. The first-order valence-corrected chi connectivity index (χ1v) is 7.66. The average molecular weight is 314 g/mol. The Bertz CT molecular complexity index is 685. The maximum atomic E-state index is 12.9. The number of rotatable bonds is 3. The van der Waals surface area contributed by atoms with E-state index in [0.717, 1.165) is 18.4 Å². The van der Waals surface area contributed by atoms with Crippen LogP contribution in [0, 0.1) is 5.82 Å². The van der Waals surface area contributed by atoms with Gasteiger partial charge in [0.15, 0.2) is 0 Å². The maximum absolute atomic E-state index is 12.9. The van der Waals surface area contributed by atoms with Crippen molar-refractivity contribution in [3.8, 4) is 11.5 Å². The van der Waals surface area contributed by atoms with E-state index >= 15 is 0 Å². The zero-order valence-electron chi connectivity index (χ0n) is 12.9. The Morgan fingerprint density at radius 1 is 1.09 bits per heavy atom. The molecule has 1 unspecified atom stereocenters. The van der Waals surface area contributed by atoms with Gasteiger partial charge in [0.1, 0.15) is 17.3 Å². The molecule has 2 aromatic rings. The fourth-order valence-electron chi connectivity index (χ4n) is 3.08. The van der Waals surface area contributed by atoms with Crippen LogP contribution in [0.1, 0.15) is 31.4 Å². The van der Waals surface area contributed by atoms with Gasteiger partial charge in [0.2, 0.25) is 0 Å². The minimum atomic E-state index is -0.383. The number of urea groups is 1. The van der Waals surface area contributed by atoms with Crippen molar-refractivity contribution in [3.63, 3.8) is 0 Å². The molecule has 0 bridgehead atoms. The van der Waals surface area contributed by atoms with Crippen molar-refractivity contribution in [2.24, 2.45) is 5.73 Å². The van der Waals surface area contributed by atoms with Crippen molar-refractivity contribution < 1.29 is 13.9 Å².